The van der Waals surface area contributed by atoms with Crippen LogP contribution in [-0.2, 0) is 19.5 Å². The molecule has 2 aromatic rings. The van der Waals surface area contributed by atoms with Crippen LogP contribution in [0.4, 0.5) is 0 Å². The fraction of sp³-hybridized carbons (Fsp3) is 0.524. The number of nitrogens with zero attached hydrogens (tertiary/aromatic N) is 4. The summed E-state index contributed by atoms with van der Waals surface area (Å²) in [5, 5.41) is 7.91. The SMILES string of the molecule is CN=C(NCCc1ncc(C)s1)NCc1ccc(CN2CCN(C)CC2)cc1. The van der Waals surface area contributed by atoms with Gasteiger partial charge in [-0.2, -0.15) is 0 Å². The average molecular weight is 401 g/mol. The monoisotopic (exact) mass is 400 g/mol. The zero-order chi connectivity index (χ0) is 19.8. The lowest BCUT2D eigenvalue weighted by atomic mass is 10.1. The van der Waals surface area contributed by atoms with E-state index in [0.29, 0.717) is 0 Å². The molecule has 1 aliphatic heterocycles. The third-order valence-corrected chi connectivity index (χ3v) is 5.98. The molecule has 7 heteroatoms. The third-order valence-electron chi connectivity index (χ3n) is 5.01. The van der Waals surface area contributed by atoms with Crippen LogP contribution in [-0.4, -0.2) is 67.6 Å². The van der Waals surface area contributed by atoms with Crippen LogP contribution in [0, 0.1) is 6.92 Å². The summed E-state index contributed by atoms with van der Waals surface area (Å²) < 4.78 is 0. The summed E-state index contributed by atoms with van der Waals surface area (Å²) in [6.45, 7) is 9.37. The molecule has 0 spiro atoms. The van der Waals surface area contributed by atoms with Crippen molar-refractivity contribution in [3.63, 3.8) is 0 Å². The van der Waals surface area contributed by atoms with Gasteiger partial charge in [-0.3, -0.25) is 9.89 Å². The highest BCUT2D eigenvalue weighted by Gasteiger charge is 2.13. The second kappa shape index (κ2) is 10.5. The molecule has 1 fully saturated rings. The van der Waals surface area contributed by atoms with Crippen molar-refractivity contribution < 1.29 is 0 Å². The second-order valence-electron chi connectivity index (χ2n) is 7.36. The number of nitrogens with one attached hydrogen (secondary N) is 2. The minimum absolute atomic E-state index is 0.769. The number of rotatable bonds is 7. The van der Waals surface area contributed by atoms with E-state index in [1.165, 1.54) is 16.0 Å². The van der Waals surface area contributed by atoms with Gasteiger partial charge in [-0.25, -0.2) is 4.98 Å². The highest BCUT2D eigenvalue weighted by molar-refractivity contribution is 7.11. The number of aryl methyl sites for hydroxylation is 1. The molecule has 1 aromatic carbocycles. The van der Waals surface area contributed by atoms with E-state index in [4.69, 9.17) is 0 Å². The van der Waals surface area contributed by atoms with Crippen molar-refractivity contribution in [3.8, 4) is 0 Å². The van der Waals surface area contributed by atoms with E-state index in [1.807, 2.05) is 13.2 Å². The Labute approximate surface area is 172 Å². The van der Waals surface area contributed by atoms with Gasteiger partial charge in [0.2, 0.25) is 0 Å². The first-order valence-corrected chi connectivity index (χ1v) is 10.8. The van der Waals surface area contributed by atoms with Crippen LogP contribution < -0.4 is 10.6 Å². The fourth-order valence-electron chi connectivity index (χ4n) is 3.24. The molecule has 0 aliphatic carbocycles. The van der Waals surface area contributed by atoms with Crippen molar-refractivity contribution in [2.75, 3.05) is 46.8 Å². The summed E-state index contributed by atoms with van der Waals surface area (Å²) in [6.07, 6.45) is 2.85. The number of aromatic nitrogens is 1. The van der Waals surface area contributed by atoms with Crippen LogP contribution in [0.5, 0.6) is 0 Å². The van der Waals surface area contributed by atoms with Gasteiger partial charge in [0.05, 0.1) is 5.01 Å². The van der Waals surface area contributed by atoms with Crippen molar-refractivity contribution in [1.29, 1.82) is 0 Å². The Bertz CT molecular complexity index is 747. The molecule has 0 bridgehead atoms. The number of hydrogen-bond donors (Lipinski definition) is 2. The van der Waals surface area contributed by atoms with Crippen molar-refractivity contribution in [2.24, 2.45) is 4.99 Å². The van der Waals surface area contributed by atoms with Gasteiger partial charge < -0.3 is 15.5 Å². The zero-order valence-corrected chi connectivity index (χ0v) is 18.1. The Morgan fingerprint density at radius 2 is 1.82 bits per heavy atom. The first-order valence-electron chi connectivity index (χ1n) is 9.97. The quantitative estimate of drug-likeness (QED) is 0.551. The van der Waals surface area contributed by atoms with Crippen molar-refractivity contribution >= 4 is 17.3 Å². The summed E-state index contributed by atoms with van der Waals surface area (Å²) >= 11 is 1.75. The summed E-state index contributed by atoms with van der Waals surface area (Å²) in [7, 11) is 4.00. The zero-order valence-electron chi connectivity index (χ0n) is 17.2. The van der Waals surface area contributed by atoms with E-state index in [-0.39, 0.29) is 0 Å². The molecule has 0 unspecified atom stereocenters. The van der Waals surface area contributed by atoms with Gasteiger partial charge in [0.15, 0.2) is 5.96 Å². The molecule has 152 valence electrons. The van der Waals surface area contributed by atoms with E-state index in [9.17, 15) is 0 Å². The molecule has 2 N–H and O–H groups in total. The van der Waals surface area contributed by atoms with E-state index < -0.39 is 0 Å². The topological polar surface area (TPSA) is 55.8 Å². The summed E-state index contributed by atoms with van der Waals surface area (Å²) in [4.78, 5) is 14.9. The lowest BCUT2D eigenvalue weighted by Gasteiger charge is -2.32. The normalized spacial score (nSPS) is 16.3. The summed E-state index contributed by atoms with van der Waals surface area (Å²) in [6, 6.07) is 8.92. The van der Waals surface area contributed by atoms with E-state index in [1.54, 1.807) is 11.3 Å². The number of benzene rings is 1. The molecule has 6 nitrogen and oxygen atoms in total. The maximum Gasteiger partial charge on any atom is 0.191 e. The predicted molar refractivity (Wildman–Crippen MR) is 118 cm³/mol. The fourth-order valence-corrected chi connectivity index (χ4v) is 4.02. The Morgan fingerprint density at radius 3 is 2.46 bits per heavy atom. The highest BCUT2D eigenvalue weighted by atomic mass is 32.1. The number of hydrogen-bond acceptors (Lipinski definition) is 5. The van der Waals surface area contributed by atoms with E-state index in [0.717, 1.165) is 63.2 Å². The Hall–Kier alpha value is -1.96. The van der Waals surface area contributed by atoms with Crippen LogP contribution >= 0.6 is 11.3 Å². The van der Waals surface area contributed by atoms with Gasteiger partial charge in [-0.15, -0.1) is 11.3 Å². The number of likely N-dealkylation sites (N-methyl/N-ethyl adjacent to an activating group) is 1. The smallest absolute Gasteiger partial charge is 0.191 e. The second-order valence-corrected chi connectivity index (χ2v) is 8.68. The number of aliphatic imine (C=N–C) groups is 1. The Kier molecular flexibility index (Phi) is 7.82. The number of thiazole rings is 1. The summed E-state index contributed by atoms with van der Waals surface area (Å²) in [5.74, 6) is 0.829. The van der Waals surface area contributed by atoms with E-state index in [2.05, 4.69) is 68.6 Å². The van der Waals surface area contributed by atoms with Gasteiger partial charge in [0.1, 0.15) is 0 Å². The maximum absolute atomic E-state index is 4.40. The van der Waals surface area contributed by atoms with Crippen molar-refractivity contribution in [2.45, 2.75) is 26.4 Å². The molecule has 1 aliphatic rings. The molecule has 0 amide bonds. The molecule has 0 atom stereocenters. The van der Waals surface area contributed by atoms with E-state index >= 15 is 0 Å². The molecule has 2 heterocycles. The minimum atomic E-state index is 0.769. The standard InChI is InChI=1S/C21H32N6S/c1-17-14-24-20(28-17)8-9-23-21(22-2)25-15-18-4-6-19(7-5-18)16-27-12-10-26(3)11-13-27/h4-7,14H,8-13,15-16H2,1-3H3,(H2,22,23,25). The molecular formula is C21H32N6S. The van der Waals surface area contributed by atoms with Crippen LogP contribution in [0.15, 0.2) is 35.5 Å². The van der Waals surface area contributed by atoms with Gasteiger partial charge in [-0.05, 0) is 25.1 Å². The molecule has 28 heavy (non-hydrogen) atoms. The van der Waals surface area contributed by atoms with Crippen molar-refractivity contribution in [1.82, 2.24) is 25.4 Å². The lowest BCUT2D eigenvalue weighted by molar-refractivity contribution is 0.148. The van der Waals surface area contributed by atoms with Crippen LogP contribution in [0.25, 0.3) is 0 Å². The van der Waals surface area contributed by atoms with Gasteiger partial charge in [-0.1, -0.05) is 24.3 Å². The highest BCUT2D eigenvalue weighted by Crippen LogP contribution is 2.11. The minimum Gasteiger partial charge on any atom is -0.356 e. The third kappa shape index (κ3) is 6.58. The number of piperazine rings is 1. The van der Waals surface area contributed by atoms with Gasteiger partial charge in [0.25, 0.3) is 0 Å². The molecule has 1 saturated heterocycles. The Morgan fingerprint density at radius 1 is 1.11 bits per heavy atom. The number of guanidine groups is 1. The van der Waals surface area contributed by atoms with Gasteiger partial charge in [0, 0.05) is 70.4 Å². The Balaban J connectivity index is 1.39. The molecular weight excluding hydrogens is 368 g/mol. The van der Waals surface area contributed by atoms with Crippen molar-refractivity contribution in [3.05, 3.63) is 51.5 Å². The molecule has 0 radical (unpaired) electrons. The average Bonchev–Trinajstić information content (AvgIpc) is 3.12. The molecule has 3 rings (SSSR count). The van der Waals surface area contributed by atoms with Crippen LogP contribution in [0.1, 0.15) is 21.0 Å². The lowest BCUT2D eigenvalue weighted by Crippen LogP contribution is -2.43. The van der Waals surface area contributed by atoms with Crippen LogP contribution in [0.2, 0.25) is 0 Å². The first-order chi connectivity index (χ1) is 13.6. The molecule has 1 aromatic heterocycles. The van der Waals surface area contributed by atoms with Gasteiger partial charge >= 0.3 is 0 Å². The van der Waals surface area contributed by atoms with Crippen LogP contribution in [0.3, 0.4) is 0 Å². The predicted octanol–water partition coefficient (Wildman–Crippen LogP) is 2.11. The summed E-state index contributed by atoms with van der Waals surface area (Å²) in [5.41, 5.74) is 2.65. The maximum atomic E-state index is 4.40. The molecule has 0 saturated carbocycles. The first kappa shape index (κ1) is 20.8. The largest absolute Gasteiger partial charge is 0.356 e.